The van der Waals surface area contributed by atoms with Gasteiger partial charge in [-0.1, -0.05) is 0 Å². The highest BCUT2D eigenvalue weighted by Gasteiger charge is 2.15. The van der Waals surface area contributed by atoms with Gasteiger partial charge in [0.2, 0.25) is 0 Å². The molecule has 1 aromatic heterocycles. The lowest BCUT2D eigenvalue weighted by Crippen LogP contribution is -2.00. The molecule has 0 atom stereocenters. The summed E-state index contributed by atoms with van der Waals surface area (Å²) in [4.78, 5) is 0. The third-order valence-electron chi connectivity index (χ3n) is 2.55. The van der Waals surface area contributed by atoms with Crippen molar-refractivity contribution in [3.8, 4) is 11.3 Å². The number of hydrogen-bond acceptors (Lipinski definition) is 1. The third-order valence-corrected chi connectivity index (χ3v) is 3.50. The number of rotatable bonds is 2. The van der Waals surface area contributed by atoms with Crippen LogP contribution in [0.2, 0.25) is 0 Å². The molecule has 1 heterocycles. The predicted molar refractivity (Wildman–Crippen MR) is 65.7 cm³/mol. The molecule has 0 aliphatic heterocycles. The van der Waals surface area contributed by atoms with E-state index in [0.29, 0.717) is 12.1 Å². The summed E-state index contributed by atoms with van der Waals surface area (Å²) in [7, 11) is 0. The largest absolute Gasteiger partial charge is 0.264 e. The van der Waals surface area contributed by atoms with Crippen LogP contribution in [0.5, 0.6) is 0 Å². The van der Waals surface area contributed by atoms with Crippen molar-refractivity contribution < 1.29 is 8.78 Å². The summed E-state index contributed by atoms with van der Waals surface area (Å²) in [5, 5.41) is 4.31. The van der Waals surface area contributed by atoms with E-state index in [4.69, 9.17) is 0 Å². The van der Waals surface area contributed by atoms with Crippen LogP contribution in [0.1, 0.15) is 12.6 Å². The van der Waals surface area contributed by atoms with Crippen LogP contribution in [0.15, 0.2) is 22.7 Å². The molecule has 17 heavy (non-hydrogen) atoms. The molecule has 0 aliphatic rings. The quantitative estimate of drug-likeness (QED) is 0.822. The summed E-state index contributed by atoms with van der Waals surface area (Å²) in [5.41, 5.74) is 2.20. The Labute approximate surface area is 106 Å². The average Bonchev–Trinajstić information content (AvgIpc) is 2.59. The Morgan fingerprint density at radius 2 is 2.00 bits per heavy atom. The zero-order valence-electron chi connectivity index (χ0n) is 9.47. The molecule has 2 aromatic rings. The Hall–Kier alpha value is -1.23. The smallest absolute Gasteiger partial charge is 0.159 e. The maximum Gasteiger partial charge on any atom is 0.159 e. The molecule has 0 bridgehead atoms. The van der Waals surface area contributed by atoms with Crippen molar-refractivity contribution in [2.45, 2.75) is 20.4 Å². The summed E-state index contributed by atoms with van der Waals surface area (Å²) < 4.78 is 28.7. The second kappa shape index (κ2) is 4.56. The number of aryl methyl sites for hydroxylation is 2. The molecule has 0 spiro atoms. The van der Waals surface area contributed by atoms with Crippen molar-refractivity contribution in [1.82, 2.24) is 9.78 Å². The highest BCUT2D eigenvalue weighted by molar-refractivity contribution is 9.10. The van der Waals surface area contributed by atoms with Gasteiger partial charge in [0.1, 0.15) is 0 Å². The fraction of sp³-hybridized carbons (Fsp3) is 0.250. The topological polar surface area (TPSA) is 17.8 Å². The number of aromatic nitrogens is 2. The van der Waals surface area contributed by atoms with Crippen molar-refractivity contribution in [2.24, 2.45) is 0 Å². The molecule has 90 valence electrons. The first-order valence-corrected chi connectivity index (χ1v) is 6.02. The third kappa shape index (κ3) is 2.11. The maximum absolute atomic E-state index is 13.2. The predicted octanol–water partition coefficient (Wildman–Crippen LogP) is 3.92. The fourth-order valence-corrected chi connectivity index (χ4v) is 2.22. The molecule has 0 unspecified atom stereocenters. The molecule has 0 saturated heterocycles. The van der Waals surface area contributed by atoms with Gasteiger partial charge in [-0.2, -0.15) is 5.10 Å². The van der Waals surface area contributed by atoms with E-state index in [0.717, 1.165) is 21.9 Å². The molecule has 2 rings (SSSR count). The highest BCUT2D eigenvalue weighted by atomic mass is 79.9. The van der Waals surface area contributed by atoms with Crippen molar-refractivity contribution in [3.63, 3.8) is 0 Å². The van der Waals surface area contributed by atoms with Crippen molar-refractivity contribution >= 4 is 15.9 Å². The minimum atomic E-state index is -0.851. The van der Waals surface area contributed by atoms with Gasteiger partial charge in [-0.25, -0.2) is 8.78 Å². The molecule has 0 fully saturated rings. The number of halogens is 3. The molecule has 0 saturated carbocycles. The van der Waals surface area contributed by atoms with E-state index in [-0.39, 0.29) is 0 Å². The minimum absolute atomic E-state index is 0.609. The number of benzene rings is 1. The monoisotopic (exact) mass is 300 g/mol. The fourth-order valence-electron chi connectivity index (χ4n) is 1.71. The van der Waals surface area contributed by atoms with E-state index in [9.17, 15) is 8.78 Å². The van der Waals surface area contributed by atoms with Crippen LogP contribution in [0.25, 0.3) is 11.3 Å². The number of nitrogens with zero attached hydrogens (tertiary/aromatic N) is 2. The van der Waals surface area contributed by atoms with Crippen LogP contribution >= 0.6 is 15.9 Å². The Kier molecular flexibility index (Phi) is 3.28. The van der Waals surface area contributed by atoms with E-state index in [1.165, 1.54) is 6.07 Å². The Balaban J connectivity index is 2.63. The molecule has 0 radical (unpaired) electrons. The van der Waals surface area contributed by atoms with Crippen LogP contribution in [-0.2, 0) is 6.54 Å². The Morgan fingerprint density at radius 3 is 2.59 bits per heavy atom. The maximum atomic E-state index is 13.2. The van der Waals surface area contributed by atoms with E-state index in [1.54, 1.807) is 10.7 Å². The van der Waals surface area contributed by atoms with Gasteiger partial charge in [0.25, 0.3) is 0 Å². The van der Waals surface area contributed by atoms with Crippen LogP contribution in [0.3, 0.4) is 0 Å². The molecular formula is C12H11BrF2N2. The second-order valence-electron chi connectivity index (χ2n) is 3.69. The van der Waals surface area contributed by atoms with Crippen molar-refractivity contribution in [3.05, 3.63) is 40.0 Å². The zero-order valence-corrected chi connectivity index (χ0v) is 11.1. The first-order valence-electron chi connectivity index (χ1n) is 5.23. The first kappa shape index (κ1) is 12.2. The van der Waals surface area contributed by atoms with E-state index < -0.39 is 11.6 Å². The lowest BCUT2D eigenvalue weighted by molar-refractivity contribution is 0.509. The van der Waals surface area contributed by atoms with Gasteiger partial charge < -0.3 is 0 Å². The Morgan fingerprint density at radius 1 is 1.29 bits per heavy atom. The van der Waals surface area contributed by atoms with Crippen LogP contribution in [0.4, 0.5) is 8.78 Å². The van der Waals surface area contributed by atoms with Crippen molar-refractivity contribution in [1.29, 1.82) is 0 Å². The van der Waals surface area contributed by atoms with Crippen LogP contribution in [0, 0.1) is 18.6 Å². The lowest BCUT2D eigenvalue weighted by atomic mass is 10.1. The van der Waals surface area contributed by atoms with E-state index in [2.05, 4.69) is 21.0 Å². The van der Waals surface area contributed by atoms with Crippen LogP contribution < -0.4 is 0 Å². The van der Waals surface area contributed by atoms with Gasteiger partial charge in [-0.3, -0.25) is 4.68 Å². The lowest BCUT2D eigenvalue weighted by Gasteiger charge is -2.06. The van der Waals surface area contributed by atoms with Crippen molar-refractivity contribution in [2.75, 3.05) is 0 Å². The Bertz CT molecular complexity index is 564. The van der Waals surface area contributed by atoms with Gasteiger partial charge in [0, 0.05) is 12.1 Å². The second-order valence-corrected chi connectivity index (χ2v) is 4.49. The summed E-state index contributed by atoms with van der Waals surface area (Å²) in [6.45, 7) is 4.47. The van der Waals surface area contributed by atoms with Gasteiger partial charge in [0.05, 0.1) is 15.9 Å². The summed E-state index contributed by atoms with van der Waals surface area (Å²) >= 11 is 3.42. The highest BCUT2D eigenvalue weighted by Crippen LogP contribution is 2.31. The normalized spacial score (nSPS) is 10.9. The van der Waals surface area contributed by atoms with E-state index in [1.807, 2.05) is 13.8 Å². The molecule has 0 amide bonds. The van der Waals surface area contributed by atoms with Gasteiger partial charge in [0.15, 0.2) is 11.6 Å². The standard InChI is InChI=1S/C12H11BrF2N2/c1-3-17-12(11(13)7(2)16-17)8-4-5-9(14)10(15)6-8/h4-6H,3H2,1-2H3. The SMILES string of the molecule is CCn1nc(C)c(Br)c1-c1ccc(F)c(F)c1. The molecule has 0 aliphatic carbocycles. The average molecular weight is 301 g/mol. The summed E-state index contributed by atoms with van der Waals surface area (Å²) in [6.07, 6.45) is 0. The molecular weight excluding hydrogens is 290 g/mol. The molecule has 5 heteroatoms. The van der Waals surface area contributed by atoms with Gasteiger partial charge in [-0.05, 0) is 48.0 Å². The van der Waals surface area contributed by atoms with Crippen LogP contribution in [-0.4, -0.2) is 9.78 Å². The van der Waals surface area contributed by atoms with Gasteiger partial charge in [-0.15, -0.1) is 0 Å². The number of hydrogen-bond donors (Lipinski definition) is 0. The molecule has 0 N–H and O–H groups in total. The molecule has 2 nitrogen and oxygen atoms in total. The summed E-state index contributed by atoms with van der Waals surface area (Å²) in [6, 6.07) is 3.86. The zero-order chi connectivity index (χ0) is 12.6. The summed E-state index contributed by atoms with van der Waals surface area (Å²) in [5.74, 6) is -1.69. The minimum Gasteiger partial charge on any atom is -0.264 e. The van der Waals surface area contributed by atoms with Gasteiger partial charge >= 0.3 is 0 Å². The molecule has 1 aromatic carbocycles. The first-order chi connectivity index (χ1) is 8.04. The van der Waals surface area contributed by atoms with E-state index >= 15 is 0 Å².